The second-order valence-electron chi connectivity index (χ2n) is 4.26. The molecule has 17 heavy (non-hydrogen) atoms. The first-order chi connectivity index (χ1) is 8.06. The SMILES string of the molecule is CC1OC[C@@H]2OC(C)O[C@H](CC[N+](=O)[O-])[C@@H]2O1. The van der Waals surface area contributed by atoms with Crippen molar-refractivity contribution in [2.75, 3.05) is 13.2 Å². The Kier molecular flexibility index (Phi) is 3.93. The van der Waals surface area contributed by atoms with Crippen LogP contribution in [0, 0.1) is 10.1 Å². The molecule has 2 heterocycles. The summed E-state index contributed by atoms with van der Waals surface area (Å²) < 4.78 is 22.0. The standard InChI is InChI=1S/C10H17NO6/c1-6-14-5-9-10(17-6)8(3-4-11(12)13)15-7(2)16-9/h6-10H,3-5H2,1-2H3/t6?,7?,8-,9+,10+/m1/s1. The summed E-state index contributed by atoms with van der Waals surface area (Å²) in [4.78, 5) is 10.1. The average molecular weight is 247 g/mol. The van der Waals surface area contributed by atoms with Gasteiger partial charge in [0.15, 0.2) is 12.6 Å². The fraction of sp³-hybridized carbons (Fsp3) is 1.00. The summed E-state index contributed by atoms with van der Waals surface area (Å²) in [6.45, 7) is 3.87. The Hall–Kier alpha value is -0.760. The van der Waals surface area contributed by atoms with Crippen LogP contribution in [0.4, 0.5) is 0 Å². The number of nitro groups is 1. The van der Waals surface area contributed by atoms with Crippen LogP contribution >= 0.6 is 0 Å². The van der Waals surface area contributed by atoms with Crippen LogP contribution < -0.4 is 0 Å². The Morgan fingerprint density at radius 1 is 1.24 bits per heavy atom. The number of hydrogen-bond acceptors (Lipinski definition) is 6. The normalized spacial score (nSPS) is 41.9. The Morgan fingerprint density at radius 2 is 2.00 bits per heavy atom. The van der Waals surface area contributed by atoms with E-state index in [1.54, 1.807) is 13.8 Å². The molecule has 7 nitrogen and oxygen atoms in total. The van der Waals surface area contributed by atoms with Gasteiger partial charge in [-0.15, -0.1) is 0 Å². The molecular formula is C10H17NO6. The highest BCUT2D eigenvalue weighted by molar-refractivity contribution is 4.85. The van der Waals surface area contributed by atoms with E-state index in [1.165, 1.54) is 0 Å². The molecule has 7 heteroatoms. The highest BCUT2D eigenvalue weighted by atomic mass is 16.8. The van der Waals surface area contributed by atoms with Gasteiger partial charge in [0.25, 0.3) is 0 Å². The number of rotatable bonds is 3. The van der Waals surface area contributed by atoms with Crippen molar-refractivity contribution in [1.29, 1.82) is 0 Å². The molecule has 0 spiro atoms. The lowest BCUT2D eigenvalue weighted by atomic mass is 10.0. The minimum Gasteiger partial charge on any atom is -0.350 e. The molecular weight excluding hydrogens is 230 g/mol. The van der Waals surface area contributed by atoms with Gasteiger partial charge >= 0.3 is 0 Å². The summed E-state index contributed by atoms with van der Waals surface area (Å²) in [5, 5.41) is 10.4. The molecule has 2 aliphatic rings. The molecule has 2 rings (SSSR count). The summed E-state index contributed by atoms with van der Waals surface area (Å²) in [5.74, 6) is 0. The van der Waals surface area contributed by atoms with Crippen molar-refractivity contribution < 1.29 is 23.9 Å². The van der Waals surface area contributed by atoms with Gasteiger partial charge in [-0.3, -0.25) is 10.1 Å². The first-order valence-corrected chi connectivity index (χ1v) is 5.76. The highest BCUT2D eigenvalue weighted by Gasteiger charge is 2.43. The summed E-state index contributed by atoms with van der Waals surface area (Å²) >= 11 is 0. The van der Waals surface area contributed by atoms with E-state index in [4.69, 9.17) is 18.9 Å². The lowest BCUT2D eigenvalue weighted by Crippen LogP contribution is -2.57. The van der Waals surface area contributed by atoms with E-state index in [0.717, 1.165) is 0 Å². The predicted molar refractivity (Wildman–Crippen MR) is 56.0 cm³/mol. The fourth-order valence-corrected chi connectivity index (χ4v) is 2.18. The van der Waals surface area contributed by atoms with Crippen molar-refractivity contribution in [3.63, 3.8) is 0 Å². The largest absolute Gasteiger partial charge is 0.350 e. The van der Waals surface area contributed by atoms with Crippen LogP contribution in [0.1, 0.15) is 20.3 Å². The van der Waals surface area contributed by atoms with Crippen LogP contribution in [0.15, 0.2) is 0 Å². The maximum atomic E-state index is 10.4. The molecule has 5 atom stereocenters. The van der Waals surface area contributed by atoms with Crippen LogP contribution in [-0.2, 0) is 18.9 Å². The zero-order valence-corrected chi connectivity index (χ0v) is 9.90. The van der Waals surface area contributed by atoms with E-state index in [1.807, 2.05) is 0 Å². The molecule has 0 aliphatic carbocycles. The third-order valence-electron chi connectivity index (χ3n) is 2.91. The molecule has 2 aliphatic heterocycles. The van der Waals surface area contributed by atoms with Crippen molar-refractivity contribution in [3.05, 3.63) is 10.1 Å². The van der Waals surface area contributed by atoms with Crippen LogP contribution in [0.5, 0.6) is 0 Å². The van der Waals surface area contributed by atoms with Crippen molar-refractivity contribution in [2.45, 2.75) is 51.2 Å². The monoisotopic (exact) mass is 247 g/mol. The molecule has 2 saturated heterocycles. The molecule has 0 saturated carbocycles. The molecule has 0 bridgehead atoms. The van der Waals surface area contributed by atoms with Crippen LogP contribution in [0.25, 0.3) is 0 Å². The molecule has 0 aromatic heterocycles. The summed E-state index contributed by atoms with van der Waals surface area (Å²) in [7, 11) is 0. The van der Waals surface area contributed by atoms with E-state index in [0.29, 0.717) is 13.0 Å². The number of ether oxygens (including phenoxy) is 4. The van der Waals surface area contributed by atoms with Gasteiger partial charge in [-0.05, 0) is 13.8 Å². The molecule has 0 N–H and O–H groups in total. The van der Waals surface area contributed by atoms with E-state index in [2.05, 4.69) is 0 Å². The highest BCUT2D eigenvalue weighted by Crippen LogP contribution is 2.28. The van der Waals surface area contributed by atoms with Crippen molar-refractivity contribution >= 4 is 0 Å². The molecule has 2 unspecified atom stereocenters. The van der Waals surface area contributed by atoms with E-state index < -0.39 is 0 Å². The van der Waals surface area contributed by atoms with E-state index in [-0.39, 0.29) is 42.4 Å². The van der Waals surface area contributed by atoms with Gasteiger partial charge in [0.05, 0.1) is 12.7 Å². The van der Waals surface area contributed by atoms with Crippen LogP contribution in [-0.4, -0.2) is 49.0 Å². The quantitative estimate of drug-likeness (QED) is 0.535. The second kappa shape index (κ2) is 5.26. The Morgan fingerprint density at radius 3 is 2.71 bits per heavy atom. The number of fused-ring (bicyclic) bond motifs is 1. The number of nitrogens with zero attached hydrogens (tertiary/aromatic N) is 1. The maximum absolute atomic E-state index is 10.4. The van der Waals surface area contributed by atoms with Crippen LogP contribution in [0.2, 0.25) is 0 Å². The molecule has 0 amide bonds. The lowest BCUT2D eigenvalue weighted by molar-refractivity contribution is -0.485. The zero-order chi connectivity index (χ0) is 12.4. The topological polar surface area (TPSA) is 80.1 Å². The van der Waals surface area contributed by atoms with Crippen molar-refractivity contribution in [1.82, 2.24) is 0 Å². The first-order valence-electron chi connectivity index (χ1n) is 5.76. The Balaban J connectivity index is 1.98. The number of hydrogen-bond donors (Lipinski definition) is 0. The van der Waals surface area contributed by atoms with Gasteiger partial charge in [0, 0.05) is 11.3 Å². The lowest BCUT2D eigenvalue weighted by Gasteiger charge is -2.44. The van der Waals surface area contributed by atoms with E-state index >= 15 is 0 Å². The van der Waals surface area contributed by atoms with Crippen LogP contribution in [0.3, 0.4) is 0 Å². The van der Waals surface area contributed by atoms with Gasteiger partial charge in [-0.1, -0.05) is 0 Å². The smallest absolute Gasteiger partial charge is 0.206 e. The predicted octanol–water partition coefficient (Wildman–Crippen LogP) is 0.545. The van der Waals surface area contributed by atoms with Gasteiger partial charge < -0.3 is 18.9 Å². The summed E-state index contributed by atoms with van der Waals surface area (Å²) in [5.41, 5.74) is 0. The summed E-state index contributed by atoms with van der Waals surface area (Å²) in [6, 6.07) is 0. The summed E-state index contributed by atoms with van der Waals surface area (Å²) in [6.07, 6.45) is -1.17. The maximum Gasteiger partial charge on any atom is 0.206 e. The molecule has 2 fully saturated rings. The Bertz CT molecular complexity index is 286. The fourth-order valence-electron chi connectivity index (χ4n) is 2.18. The van der Waals surface area contributed by atoms with Gasteiger partial charge in [-0.25, -0.2) is 0 Å². The minimum atomic E-state index is -0.381. The first kappa shape index (κ1) is 12.7. The molecule has 0 aromatic carbocycles. The molecule has 0 radical (unpaired) electrons. The minimum absolute atomic E-state index is 0.126. The van der Waals surface area contributed by atoms with Gasteiger partial charge in [0.2, 0.25) is 6.54 Å². The average Bonchev–Trinajstić information content (AvgIpc) is 2.26. The second-order valence-corrected chi connectivity index (χ2v) is 4.26. The van der Waals surface area contributed by atoms with Crippen molar-refractivity contribution in [3.8, 4) is 0 Å². The van der Waals surface area contributed by atoms with Gasteiger partial charge in [0.1, 0.15) is 12.2 Å². The van der Waals surface area contributed by atoms with E-state index in [9.17, 15) is 10.1 Å². The zero-order valence-electron chi connectivity index (χ0n) is 9.90. The molecule has 0 aromatic rings. The molecule has 98 valence electrons. The van der Waals surface area contributed by atoms with Gasteiger partial charge in [-0.2, -0.15) is 0 Å². The Labute approximate surface area is 99.1 Å². The van der Waals surface area contributed by atoms with Crippen molar-refractivity contribution in [2.24, 2.45) is 0 Å². The third-order valence-corrected chi connectivity index (χ3v) is 2.91. The third kappa shape index (κ3) is 3.12.